The first-order valence-corrected chi connectivity index (χ1v) is 6.17. The van der Waals surface area contributed by atoms with E-state index in [1.165, 1.54) is 5.56 Å². The molecule has 1 saturated heterocycles. The van der Waals surface area contributed by atoms with Crippen molar-refractivity contribution in [1.29, 1.82) is 0 Å². The number of rotatable bonds is 3. The molecule has 1 N–H and O–H groups in total. The molecule has 3 heteroatoms. The fraction of sp³-hybridized carbons (Fsp3) is 0.500. The van der Waals surface area contributed by atoms with Crippen molar-refractivity contribution < 1.29 is 4.79 Å². The van der Waals surface area contributed by atoms with Gasteiger partial charge in [-0.15, -0.1) is 0 Å². The lowest BCUT2D eigenvalue weighted by Crippen LogP contribution is -2.49. The molecule has 0 aromatic heterocycles. The molecule has 1 unspecified atom stereocenters. The fourth-order valence-corrected chi connectivity index (χ4v) is 2.21. The van der Waals surface area contributed by atoms with Crippen LogP contribution in [0.2, 0.25) is 0 Å². The number of benzene rings is 1. The summed E-state index contributed by atoms with van der Waals surface area (Å²) in [5.74, 6) is 0.234. The molecular formula is C14H20N2O. The van der Waals surface area contributed by atoms with E-state index in [0.717, 1.165) is 25.2 Å². The van der Waals surface area contributed by atoms with Crippen LogP contribution in [0, 0.1) is 6.92 Å². The Morgan fingerprint density at radius 1 is 1.41 bits per heavy atom. The topological polar surface area (TPSA) is 32.3 Å². The van der Waals surface area contributed by atoms with E-state index in [4.69, 9.17) is 0 Å². The third kappa shape index (κ3) is 3.38. The zero-order chi connectivity index (χ0) is 12.3. The van der Waals surface area contributed by atoms with Crippen LogP contribution < -0.4 is 5.32 Å². The van der Waals surface area contributed by atoms with Gasteiger partial charge < -0.3 is 10.2 Å². The number of aryl methyl sites for hydroxylation is 1. The van der Waals surface area contributed by atoms with Gasteiger partial charge in [-0.1, -0.05) is 29.8 Å². The van der Waals surface area contributed by atoms with Gasteiger partial charge in [0.1, 0.15) is 0 Å². The van der Waals surface area contributed by atoms with E-state index in [9.17, 15) is 4.79 Å². The highest BCUT2D eigenvalue weighted by atomic mass is 16.1. The van der Waals surface area contributed by atoms with E-state index in [1.54, 1.807) is 0 Å². The summed E-state index contributed by atoms with van der Waals surface area (Å²) in [6, 6.07) is 8.12. The molecule has 92 valence electrons. The van der Waals surface area contributed by atoms with Crippen LogP contribution in [0.5, 0.6) is 0 Å². The van der Waals surface area contributed by atoms with Crippen LogP contribution in [0.4, 0.5) is 0 Å². The quantitative estimate of drug-likeness (QED) is 0.801. The van der Waals surface area contributed by atoms with Crippen LogP contribution in [-0.4, -0.2) is 43.4 Å². The molecule has 0 aliphatic carbocycles. The van der Waals surface area contributed by atoms with Gasteiger partial charge in [-0.25, -0.2) is 0 Å². The Balaban J connectivity index is 1.94. The standard InChI is InChI=1S/C14H20N2O/c1-11-3-5-12(6-4-11)14(17)9-13-10-16(2)8-7-15-13/h3-6,13,15H,7-10H2,1-2H3. The molecule has 0 spiro atoms. The Hall–Kier alpha value is -1.19. The second-order valence-electron chi connectivity index (χ2n) is 4.91. The maximum Gasteiger partial charge on any atom is 0.164 e. The summed E-state index contributed by atoms with van der Waals surface area (Å²) in [4.78, 5) is 14.3. The lowest BCUT2D eigenvalue weighted by Gasteiger charge is -2.30. The Kier molecular flexibility index (Phi) is 3.92. The second kappa shape index (κ2) is 5.43. The predicted octanol–water partition coefficient (Wildman–Crippen LogP) is 1.47. The number of likely N-dealkylation sites (N-methyl/N-ethyl adjacent to an activating group) is 1. The summed E-state index contributed by atoms with van der Waals surface area (Å²) in [7, 11) is 2.10. The smallest absolute Gasteiger partial charge is 0.164 e. The van der Waals surface area contributed by atoms with Gasteiger partial charge in [0.2, 0.25) is 0 Å². The Morgan fingerprint density at radius 3 is 2.76 bits per heavy atom. The Morgan fingerprint density at radius 2 is 2.12 bits per heavy atom. The van der Waals surface area contributed by atoms with Crippen LogP contribution >= 0.6 is 0 Å². The largest absolute Gasteiger partial charge is 0.311 e. The molecule has 17 heavy (non-hydrogen) atoms. The molecular weight excluding hydrogens is 212 g/mol. The number of nitrogens with one attached hydrogen (secondary N) is 1. The second-order valence-corrected chi connectivity index (χ2v) is 4.91. The first-order valence-electron chi connectivity index (χ1n) is 6.17. The molecule has 1 aromatic rings. The molecule has 1 heterocycles. The highest BCUT2D eigenvalue weighted by Crippen LogP contribution is 2.09. The van der Waals surface area contributed by atoms with E-state index in [2.05, 4.69) is 17.3 Å². The van der Waals surface area contributed by atoms with Gasteiger partial charge >= 0.3 is 0 Å². The van der Waals surface area contributed by atoms with Crippen molar-refractivity contribution in [3.8, 4) is 0 Å². The number of hydrogen-bond acceptors (Lipinski definition) is 3. The number of carbonyl (C=O) groups excluding carboxylic acids is 1. The molecule has 0 bridgehead atoms. The van der Waals surface area contributed by atoms with Crippen LogP contribution in [-0.2, 0) is 0 Å². The maximum absolute atomic E-state index is 12.1. The summed E-state index contributed by atoms with van der Waals surface area (Å²) >= 11 is 0. The number of hydrogen-bond donors (Lipinski definition) is 1. The number of Topliss-reactive ketones (excluding diaryl/α,β-unsaturated/α-hetero) is 1. The number of nitrogens with zero attached hydrogens (tertiary/aromatic N) is 1. The zero-order valence-electron chi connectivity index (χ0n) is 10.6. The summed E-state index contributed by atoms with van der Waals surface area (Å²) in [6.45, 7) is 5.03. The third-order valence-corrected chi connectivity index (χ3v) is 3.26. The molecule has 0 radical (unpaired) electrons. The average molecular weight is 232 g/mol. The van der Waals surface area contributed by atoms with Crippen molar-refractivity contribution in [2.45, 2.75) is 19.4 Å². The lowest BCUT2D eigenvalue weighted by atomic mass is 10.0. The highest BCUT2D eigenvalue weighted by Gasteiger charge is 2.19. The van der Waals surface area contributed by atoms with Gasteiger partial charge in [-0.05, 0) is 14.0 Å². The SMILES string of the molecule is Cc1ccc(C(=O)CC2CN(C)CCN2)cc1. The Labute approximate surface area is 103 Å². The zero-order valence-corrected chi connectivity index (χ0v) is 10.6. The van der Waals surface area contributed by atoms with Crippen molar-refractivity contribution in [2.75, 3.05) is 26.7 Å². The minimum Gasteiger partial charge on any atom is -0.311 e. The molecule has 2 rings (SSSR count). The van der Waals surface area contributed by atoms with Crippen molar-refractivity contribution in [1.82, 2.24) is 10.2 Å². The van der Waals surface area contributed by atoms with E-state index < -0.39 is 0 Å². The summed E-state index contributed by atoms with van der Waals surface area (Å²) < 4.78 is 0. The molecule has 0 amide bonds. The van der Waals surface area contributed by atoms with Crippen LogP contribution in [0.25, 0.3) is 0 Å². The maximum atomic E-state index is 12.1. The Bertz CT molecular complexity index is 386. The first-order chi connectivity index (χ1) is 8.15. The number of ketones is 1. The first kappa shape index (κ1) is 12.3. The van der Waals surface area contributed by atoms with Crippen LogP contribution in [0.1, 0.15) is 22.3 Å². The van der Waals surface area contributed by atoms with Crippen LogP contribution in [0.15, 0.2) is 24.3 Å². The molecule has 1 aliphatic rings. The molecule has 1 fully saturated rings. The van der Waals surface area contributed by atoms with Crippen molar-refractivity contribution in [3.63, 3.8) is 0 Å². The van der Waals surface area contributed by atoms with Crippen LogP contribution in [0.3, 0.4) is 0 Å². The summed E-state index contributed by atoms with van der Waals surface area (Å²) in [6.07, 6.45) is 0.591. The van der Waals surface area contributed by atoms with Gasteiger partial charge in [0.05, 0.1) is 0 Å². The van der Waals surface area contributed by atoms with Gasteiger partial charge in [0, 0.05) is 37.7 Å². The van der Waals surface area contributed by atoms with Gasteiger partial charge in [0.15, 0.2) is 5.78 Å². The third-order valence-electron chi connectivity index (χ3n) is 3.26. The van der Waals surface area contributed by atoms with E-state index in [1.807, 2.05) is 31.2 Å². The van der Waals surface area contributed by atoms with Crippen molar-refractivity contribution in [2.24, 2.45) is 0 Å². The van der Waals surface area contributed by atoms with E-state index >= 15 is 0 Å². The molecule has 1 aliphatic heterocycles. The molecule has 3 nitrogen and oxygen atoms in total. The number of piperazine rings is 1. The van der Waals surface area contributed by atoms with Crippen molar-refractivity contribution >= 4 is 5.78 Å². The number of carbonyl (C=O) groups is 1. The molecule has 1 aromatic carbocycles. The fourth-order valence-electron chi connectivity index (χ4n) is 2.21. The lowest BCUT2D eigenvalue weighted by molar-refractivity contribution is 0.0952. The normalized spacial score (nSPS) is 21.4. The average Bonchev–Trinajstić information content (AvgIpc) is 2.29. The van der Waals surface area contributed by atoms with Gasteiger partial charge in [-0.3, -0.25) is 4.79 Å². The monoisotopic (exact) mass is 232 g/mol. The molecule has 1 atom stereocenters. The predicted molar refractivity (Wildman–Crippen MR) is 69.4 cm³/mol. The minimum absolute atomic E-state index is 0.234. The summed E-state index contributed by atoms with van der Waals surface area (Å²) in [5, 5.41) is 3.40. The molecule has 0 saturated carbocycles. The van der Waals surface area contributed by atoms with E-state index in [0.29, 0.717) is 12.5 Å². The summed E-state index contributed by atoms with van der Waals surface area (Å²) in [5.41, 5.74) is 2.02. The van der Waals surface area contributed by atoms with Crippen molar-refractivity contribution in [3.05, 3.63) is 35.4 Å². The van der Waals surface area contributed by atoms with Gasteiger partial charge in [0.25, 0.3) is 0 Å². The highest BCUT2D eigenvalue weighted by molar-refractivity contribution is 5.96. The van der Waals surface area contributed by atoms with Gasteiger partial charge in [-0.2, -0.15) is 0 Å². The van der Waals surface area contributed by atoms with E-state index in [-0.39, 0.29) is 5.78 Å². The minimum atomic E-state index is 0.234.